The molecule has 0 saturated heterocycles. The van der Waals surface area contributed by atoms with Crippen LogP contribution in [0, 0.1) is 0 Å². The molecule has 1 aromatic carbocycles. The Labute approximate surface area is 147 Å². The monoisotopic (exact) mass is 386 g/mol. The second-order valence-electron chi connectivity index (χ2n) is 6.34. The van der Waals surface area contributed by atoms with Gasteiger partial charge in [-0.3, -0.25) is 0 Å². The molecule has 1 aromatic rings. The number of rotatable bonds is 7. The normalized spacial score (nSPS) is 12.6. The van der Waals surface area contributed by atoms with Crippen LogP contribution in [0.1, 0.15) is 39.7 Å². The maximum Gasteiger partial charge on any atom is 0.407 e. The number of ether oxygens (including phenoxy) is 2. The molecular formula is C17H27BrN2O3. The molecule has 1 unspecified atom stereocenters. The van der Waals surface area contributed by atoms with Crippen LogP contribution >= 0.6 is 15.9 Å². The van der Waals surface area contributed by atoms with E-state index < -0.39 is 5.60 Å². The summed E-state index contributed by atoms with van der Waals surface area (Å²) in [6.07, 6.45) is 0.526. The topological polar surface area (TPSA) is 59.6 Å². The summed E-state index contributed by atoms with van der Waals surface area (Å²) in [5.74, 6) is 0.812. The maximum atomic E-state index is 11.7. The Bertz CT molecular complexity index is 515. The lowest BCUT2D eigenvalue weighted by Crippen LogP contribution is -2.42. The summed E-state index contributed by atoms with van der Waals surface area (Å²) in [5.41, 5.74) is 0.669. The average molecular weight is 387 g/mol. The Hall–Kier alpha value is -1.27. The van der Waals surface area contributed by atoms with Gasteiger partial charge in [-0.05, 0) is 60.8 Å². The lowest BCUT2D eigenvalue weighted by molar-refractivity contribution is 0.0522. The molecule has 1 amide bonds. The highest BCUT2D eigenvalue weighted by Gasteiger charge is 2.17. The molecule has 0 spiro atoms. The van der Waals surface area contributed by atoms with Crippen molar-refractivity contribution >= 4 is 22.0 Å². The number of alkyl carbamates (subject to hydrolysis) is 1. The zero-order chi connectivity index (χ0) is 17.5. The molecular weight excluding hydrogens is 360 g/mol. The lowest BCUT2D eigenvalue weighted by atomic mass is 10.1. The van der Waals surface area contributed by atoms with Crippen molar-refractivity contribution in [1.29, 1.82) is 0 Å². The van der Waals surface area contributed by atoms with Gasteiger partial charge in [-0.25, -0.2) is 4.79 Å². The average Bonchev–Trinajstić information content (AvgIpc) is 2.45. The lowest BCUT2D eigenvalue weighted by Gasteiger charge is -2.22. The van der Waals surface area contributed by atoms with E-state index in [1.54, 1.807) is 7.11 Å². The van der Waals surface area contributed by atoms with Gasteiger partial charge in [0, 0.05) is 19.1 Å². The Balaban J connectivity index is 2.45. The molecule has 0 saturated carbocycles. The molecule has 23 heavy (non-hydrogen) atoms. The predicted octanol–water partition coefficient (Wildman–Crippen LogP) is 3.85. The minimum Gasteiger partial charge on any atom is -0.496 e. The number of carbonyl (C=O) groups is 1. The third-order valence-electron chi connectivity index (χ3n) is 3.20. The van der Waals surface area contributed by atoms with Crippen molar-refractivity contribution in [2.45, 2.75) is 52.3 Å². The summed E-state index contributed by atoms with van der Waals surface area (Å²) >= 11 is 3.48. The van der Waals surface area contributed by atoms with Crippen LogP contribution in [0.3, 0.4) is 0 Å². The van der Waals surface area contributed by atoms with Gasteiger partial charge in [0.15, 0.2) is 0 Å². The smallest absolute Gasteiger partial charge is 0.407 e. The summed E-state index contributed by atoms with van der Waals surface area (Å²) in [6.45, 7) is 8.88. The second kappa shape index (κ2) is 9.13. The van der Waals surface area contributed by atoms with Crippen LogP contribution in [-0.4, -0.2) is 31.4 Å². The largest absolute Gasteiger partial charge is 0.496 e. The van der Waals surface area contributed by atoms with Gasteiger partial charge >= 0.3 is 6.09 Å². The van der Waals surface area contributed by atoms with Crippen molar-refractivity contribution in [2.75, 3.05) is 13.7 Å². The molecule has 0 aliphatic heterocycles. The highest BCUT2D eigenvalue weighted by atomic mass is 79.9. The summed E-state index contributed by atoms with van der Waals surface area (Å²) < 4.78 is 11.4. The Morgan fingerprint density at radius 1 is 1.35 bits per heavy atom. The van der Waals surface area contributed by atoms with Crippen LogP contribution < -0.4 is 15.4 Å². The number of nitrogens with one attached hydrogen (secondary N) is 2. The van der Waals surface area contributed by atoms with Crippen molar-refractivity contribution < 1.29 is 14.3 Å². The van der Waals surface area contributed by atoms with E-state index in [1.165, 1.54) is 0 Å². The first-order chi connectivity index (χ1) is 10.7. The quantitative estimate of drug-likeness (QED) is 0.746. The number of methoxy groups -OCH3 is 1. The number of hydrogen-bond donors (Lipinski definition) is 2. The third kappa shape index (κ3) is 7.70. The van der Waals surface area contributed by atoms with Crippen LogP contribution in [0.5, 0.6) is 5.75 Å². The van der Waals surface area contributed by atoms with E-state index in [0.29, 0.717) is 6.54 Å². The van der Waals surface area contributed by atoms with Gasteiger partial charge in [0.25, 0.3) is 0 Å². The number of benzene rings is 1. The molecule has 0 bridgehead atoms. The molecule has 0 aliphatic carbocycles. The first-order valence-electron chi connectivity index (χ1n) is 7.77. The molecule has 1 atom stereocenters. The van der Waals surface area contributed by atoms with Gasteiger partial charge in [0.05, 0.1) is 11.6 Å². The molecule has 0 heterocycles. The highest BCUT2D eigenvalue weighted by molar-refractivity contribution is 9.10. The van der Waals surface area contributed by atoms with Crippen LogP contribution in [-0.2, 0) is 11.3 Å². The molecule has 5 nitrogen and oxygen atoms in total. The van der Waals surface area contributed by atoms with E-state index in [1.807, 2.05) is 39.0 Å². The summed E-state index contributed by atoms with van der Waals surface area (Å²) in [7, 11) is 1.65. The number of amides is 1. The van der Waals surface area contributed by atoms with Crippen molar-refractivity contribution in [3.63, 3.8) is 0 Å². The fourth-order valence-electron chi connectivity index (χ4n) is 1.96. The number of hydrogen-bond acceptors (Lipinski definition) is 4. The van der Waals surface area contributed by atoms with Gasteiger partial charge in [-0.15, -0.1) is 0 Å². The van der Waals surface area contributed by atoms with Gasteiger partial charge < -0.3 is 20.1 Å². The van der Waals surface area contributed by atoms with Crippen LogP contribution in [0.2, 0.25) is 0 Å². The third-order valence-corrected chi connectivity index (χ3v) is 3.82. The molecule has 0 radical (unpaired) electrons. The van der Waals surface area contributed by atoms with E-state index >= 15 is 0 Å². The van der Waals surface area contributed by atoms with Crippen LogP contribution in [0.4, 0.5) is 4.79 Å². The maximum absolute atomic E-state index is 11.7. The first-order valence-corrected chi connectivity index (χ1v) is 8.57. The SMILES string of the molecule is CCC(CNC(=O)OC(C)(C)C)NCc1ccc(OC)c(Br)c1. The van der Waals surface area contributed by atoms with Crippen molar-refractivity contribution in [1.82, 2.24) is 10.6 Å². The van der Waals surface area contributed by atoms with Crippen molar-refractivity contribution in [3.8, 4) is 5.75 Å². The molecule has 0 aromatic heterocycles. The zero-order valence-electron chi connectivity index (χ0n) is 14.5. The summed E-state index contributed by atoms with van der Waals surface area (Å²) in [6, 6.07) is 6.16. The molecule has 0 aliphatic rings. The van der Waals surface area contributed by atoms with Gasteiger partial charge in [-0.2, -0.15) is 0 Å². The standard InChI is InChI=1S/C17H27BrN2O3/c1-6-13(11-20-16(21)23-17(2,3)4)19-10-12-7-8-15(22-5)14(18)9-12/h7-9,13,19H,6,10-11H2,1-5H3,(H,20,21). The fourth-order valence-corrected chi connectivity index (χ4v) is 2.55. The second-order valence-corrected chi connectivity index (χ2v) is 7.19. The van der Waals surface area contributed by atoms with E-state index in [4.69, 9.17) is 9.47 Å². The molecule has 0 fully saturated rings. The van der Waals surface area contributed by atoms with E-state index in [9.17, 15) is 4.79 Å². The Morgan fingerprint density at radius 2 is 2.04 bits per heavy atom. The summed E-state index contributed by atoms with van der Waals surface area (Å²) in [4.78, 5) is 11.7. The zero-order valence-corrected chi connectivity index (χ0v) is 16.1. The minimum absolute atomic E-state index is 0.184. The molecule has 6 heteroatoms. The van der Waals surface area contributed by atoms with Crippen LogP contribution in [0.15, 0.2) is 22.7 Å². The molecule has 130 valence electrons. The predicted molar refractivity (Wildman–Crippen MR) is 95.8 cm³/mol. The highest BCUT2D eigenvalue weighted by Crippen LogP contribution is 2.25. The van der Waals surface area contributed by atoms with Gasteiger partial charge in [-0.1, -0.05) is 13.0 Å². The minimum atomic E-state index is -0.478. The Morgan fingerprint density at radius 3 is 2.57 bits per heavy atom. The van der Waals surface area contributed by atoms with E-state index in [-0.39, 0.29) is 12.1 Å². The fraction of sp³-hybridized carbons (Fsp3) is 0.588. The van der Waals surface area contributed by atoms with Gasteiger partial charge in [0.2, 0.25) is 0 Å². The molecule has 1 rings (SSSR count). The first kappa shape index (κ1) is 19.8. The van der Waals surface area contributed by atoms with Crippen LogP contribution in [0.25, 0.3) is 0 Å². The van der Waals surface area contributed by atoms with E-state index in [2.05, 4.69) is 33.5 Å². The van der Waals surface area contributed by atoms with E-state index in [0.717, 1.165) is 28.8 Å². The number of halogens is 1. The van der Waals surface area contributed by atoms with Gasteiger partial charge in [0.1, 0.15) is 11.4 Å². The van der Waals surface area contributed by atoms with Crippen molar-refractivity contribution in [3.05, 3.63) is 28.2 Å². The number of carbonyl (C=O) groups excluding carboxylic acids is 1. The Kier molecular flexibility index (Phi) is 7.85. The summed E-state index contributed by atoms with van der Waals surface area (Å²) in [5, 5.41) is 6.24. The molecule has 2 N–H and O–H groups in total. The van der Waals surface area contributed by atoms with Crippen molar-refractivity contribution in [2.24, 2.45) is 0 Å².